The van der Waals surface area contributed by atoms with E-state index >= 15 is 0 Å². The lowest BCUT2D eigenvalue weighted by Crippen LogP contribution is -2.22. The number of hydrogen-bond donors (Lipinski definition) is 2. The van der Waals surface area contributed by atoms with Gasteiger partial charge in [0.25, 0.3) is 0 Å². The van der Waals surface area contributed by atoms with E-state index in [4.69, 9.17) is 0 Å². The van der Waals surface area contributed by atoms with Crippen molar-refractivity contribution in [3.05, 3.63) is 40.1 Å². The van der Waals surface area contributed by atoms with Gasteiger partial charge in [-0.1, -0.05) is 13.8 Å². The Bertz CT molecular complexity index is 665. The van der Waals surface area contributed by atoms with E-state index in [0.717, 1.165) is 10.5 Å². The van der Waals surface area contributed by atoms with Crippen LogP contribution < -0.4 is 11.0 Å². The molecule has 2 rings (SSSR count). The van der Waals surface area contributed by atoms with Crippen LogP contribution >= 0.6 is 11.8 Å². The highest BCUT2D eigenvalue weighted by atomic mass is 32.2. The fraction of sp³-hybridized carbons (Fsp3) is 0.429. The van der Waals surface area contributed by atoms with Crippen LogP contribution in [-0.4, -0.2) is 20.8 Å². The van der Waals surface area contributed by atoms with E-state index in [-0.39, 0.29) is 11.5 Å². The number of hydrogen-bond acceptors (Lipinski definition) is 4. The molecule has 114 valence electrons. The van der Waals surface area contributed by atoms with Crippen LogP contribution in [0.1, 0.15) is 26.3 Å². The molecule has 0 radical (unpaired) electrons. The van der Waals surface area contributed by atoms with Crippen molar-refractivity contribution in [1.82, 2.24) is 20.1 Å². The Morgan fingerprint density at radius 2 is 2.24 bits per heavy atom. The number of benzene rings is 1. The van der Waals surface area contributed by atoms with Crippen LogP contribution in [0.4, 0.5) is 4.39 Å². The van der Waals surface area contributed by atoms with Crippen LogP contribution in [0.2, 0.25) is 0 Å². The predicted molar refractivity (Wildman–Crippen MR) is 81.0 cm³/mol. The monoisotopic (exact) mass is 310 g/mol. The highest BCUT2D eigenvalue weighted by Gasteiger charge is 2.12. The summed E-state index contributed by atoms with van der Waals surface area (Å²) in [5, 5.41) is 10.3. The zero-order valence-corrected chi connectivity index (χ0v) is 13.1. The van der Waals surface area contributed by atoms with Crippen molar-refractivity contribution in [2.24, 2.45) is 0 Å². The van der Waals surface area contributed by atoms with Gasteiger partial charge in [0.15, 0.2) is 5.16 Å². The first-order valence-corrected chi connectivity index (χ1v) is 7.67. The molecule has 0 amide bonds. The number of halogens is 1. The van der Waals surface area contributed by atoms with Crippen LogP contribution in [0.5, 0.6) is 0 Å². The average molecular weight is 310 g/mol. The van der Waals surface area contributed by atoms with Crippen molar-refractivity contribution < 1.29 is 4.39 Å². The molecular formula is C14H19FN4OS. The number of rotatable bonds is 6. The molecular weight excluding hydrogens is 291 g/mol. The molecule has 0 atom stereocenters. The zero-order chi connectivity index (χ0) is 15.4. The molecule has 7 heteroatoms. The van der Waals surface area contributed by atoms with E-state index in [0.29, 0.717) is 24.3 Å². The fourth-order valence-electron chi connectivity index (χ4n) is 1.86. The molecule has 1 heterocycles. The highest BCUT2D eigenvalue weighted by Crippen LogP contribution is 2.29. The summed E-state index contributed by atoms with van der Waals surface area (Å²) in [4.78, 5) is 12.5. The normalized spacial score (nSPS) is 11.3. The van der Waals surface area contributed by atoms with Gasteiger partial charge in [-0.25, -0.2) is 14.3 Å². The molecule has 0 saturated heterocycles. The van der Waals surface area contributed by atoms with E-state index in [1.807, 2.05) is 20.8 Å². The van der Waals surface area contributed by atoms with Gasteiger partial charge in [0.05, 0.1) is 0 Å². The first-order valence-electron chi connectivity index (χ1n) is 6.86. The Hall–Kier alpha value is -1.60. The summed E-state index contributed by atoms with van der Waals surface area (Å²) in [5.41, 5.74) is 0.621. The van der Waals surface area contributed by atoms with Gasteiger partial charge in [-0.05, 0) is 42.4 Å². The van der Waals surface area contributed by atoms with Crippen molar-refractivity contribution in [2.45, 2.75) is 50.0 Å². The number of nitrogens with zero attached hydrogens (tertiary/aromatic N) is 2. The van der Waals surface area contributed by atoms with Gasteiger partial charge >= 0.3 is 5.69 Å². The van der Waals surface area contributed by atoms with Gasteiger partial charge in [0.1, 0.15) is 5.82 Å². The quantitative estimate of drug-likeness (QED) is 0.860. The number of nitrogens with one attached hydrogen (secondary N) is 2. The predicted octanol–water partition coefficient (Wildman–Crippen LogP) is 2.38. The van der Waals surface area contributed by atoms with Crippen molar-refractivity contribution in [3.63, 3.8) is 0 Å². The second-order valence-corrected chi connectivity index (χ2v) is 5.95. The molecule has 5 nitrogen and oxygen atoms in total. The minimum Gasteiger partial charge on any atom is -0.310 e. The minimum atomic E-state index is -0.269. The molecule has 1 aromatic carbocycles. The van der Waals surface area contributed by atoms with Crippen LogP contribution in [0.3, 0.4) is 0 Å². The van der Waals surface area contributed by atoms with E-state index in [2.05, 4.69) is 15.5 Å². The molecule has 2 N–H and O–H groups in total. The Kier molecular flexibility index (Phi) is 5.19. The van der Waals surface area contributed by atoms with Crippen LogP contribution in [0, 0.1) is 5.82 Å². The maximum absolute atomic E-state index is 13.4. The maximum Gasteiger partial charge on any atom is 0.343 e. The molecule has 1 aromatic heterocycles. The maximum atomic E-state index is 13.4. The summed E-state index contributed by atoms with van der Waals surface area (Å²) in [6, 6.07) is 4.96. The van der Waals surface area contributed by atoms with Crippen LogP contribution in [-0.2, 0) is 13.1 Å². The van der Waals surface area contributed by atoms with Gasteiger partial charge in [-0.15, -0.1) is 5.10 Å². The first-order chi connectivity index (χ1) is 10.0. The van der Waals surface area contributed by atoms with Gasteiger partial charge < -0.3 is 5.32 Å². The van der Waals surface area contributed by atoms with Crippen molar-refractivity contribution in [3.8, 4) is 0 Å². The zero-order valence-electron chi connectivity index (χ0n) is 12.3. The van der Waals surface area contributed by atoms with Gasteiger partial charge in [0.2, 0.25) is 0 Å². The second kappa shape index (κ2) is 6.91. The summed E-state index contributed by atoms with van der Waals surface area (Å²) < 4.78 is 15.0. The molecule has 2 aromatic rings. The van der Waals surface area contributed by atoms with Crippen LogP contribution in [0.15, 0.2) is 33.0 Å². The summed E-state index contributed by atoms with van der Waals surface area (Å²) in [6.07, 6.45) is 0. The number of aromatic amines is 1. The van der Waals surface area contributed by atoms with E-state index in [9.17, 15) is 9.18 Å². The third kappa shape index (κ3) is 3.95. The van der Waals surface area contributed by atoms with E-state index < -0.39 is 0 Å². The minimum absolute atomic E-state index is 0.232. The second-order valence-electron chi connectivity index (χ2n) is 4.95. The molecule has 21 heavy (non-hydrogen) atoms. The number of aromatic nitrogens is 3. The lowest BCUT2D eigenvalue weighted by Gasteiger charge is -2.12. The Morgan fingerprint density at radius 3 is 2.90 bits per heavy atom. The van der Waals surface area contributed by atoms with Crippen molar-refractivity contribution in [1.29, 1.82) is 0 Å². The third-order valence-corrected chi connectivity index (χ3v) is 4.08. The number of H-pyrrole nitrogens is 1. The average Bonchev–Trinajstić information content (AvgIpc) is 2.79. The summed E-state index contributed by atoms with van der Waals surface area (Å²) >= 11 is 1.36. The van der Waals surface area contributed by atoms with Crippen molar-refractivity contribution >= 4 is 11.8 Å². The van der Waals surface area contributed by atoms with Crippen molar-refractivity contribution in [2.75, 3.05) is 0 Å². The molecule has 0 spiro atoms. The first kappa shape index (κ1) is 15.8. The Morgan fingerprint density at radius 1 is 1.48 bits per heavy atom. The standard InChI is InChI=1S/C14H19FN4OS/c1-4-19-13(20)17-18-14(19)21-12-6-5-11(15)7-10(12)8-16-9(2)3/h5-7,9,16H,4,8H2,1-3H3,(H,17,20). The van der Waals surface area contributed by atoms with Gasteiger partial charge in [0, 0.05) is 24.0 Å². The van der Waals surface area contributed by atoms with Gasteiger partial charge in [-0.2, -0.15) is 0 Å². The molecule has 0 aliphatic rings. The third-order valence-electron chi connectivity index (χ3n) is 2.96. The van der Waals surface area contributed by atoms with Gasteiger partial charge in [-0.3, -0.25) is 4.57 Å². The molecule has 0 fully saturated rings. The lowest BCUT2D eigenvalue weighted by molar-refractivity contribution is 0.576. The Labute approximate surface area is 127 Å². The molecule has 0 aliphatic heterocycles. The summed E-state index contributed by atoms with van der Waals surface area (Å²) in [5.74, 6) is -0.269. The lowest BCUT2D eigenvalue weighted by atomic mass is 10.2. The molecule has 0 unspecified atom stereocenters. The highest BCUT2D eigenvalue weighted by molar-refractivity contribution is 7.99. The largest absolute Gasteiger partial charge is 0.343 e. The molecule has 0 aliphatic carbocycles. The molecule has 0 saturated carbocycles. The topological polar surface area (TPSA) is 62.7 Å². The SMILES string of the molecule is CCn1c(Sc2ccc(F)cc2CNC(C)C)n[nH]c1=O. The fourth-order valence-corrected chi connectivity index (χ4v) is 2.87. The summed E-state index contributed by atoms with van der Waals surface area (Å²) in [7, 11) is 0. The van der Waals surface area contributed by atoms with E-state index in [1.54, 1.807) is 10.6 Å². The van der Waals surface area contributed by atoms with Crippen LogP contribution in [0.25, 0.3) is 0 Å². The Balaban J connectivity index is 2.28. The summed E-state index contributed by atoms with van der Waals surface area (Å²) in [6.45, 7) is 7.06. The molecule has 0 bridgehead atoms. The smallest absolute Gasteiger partial charge is 0.310 e. The van der Waals surface area contributed by atoms with E-state index in [1.165, 1.54) is 23.9 Å².